The molecule has 0 bridgehead atoms. The van der Waals surface area contributed by atoms with Gasteiger partial charge >= 0.3 is 0 Å². The number of hydrogen-bond acceptors (Lipinski definition) is 5. The van der Waals surface area contributed by atoms with Gasteiger partial charge in [0, 0.05) is 0 Å². The highest BCUT2D eigenvalue weighted by Gasteiger charge is 2.32. The Morgan fingerprint density at radius 3 is 2.23 bits per heavy atom. The van der Waals surface area contributed by atoms with Gasteiger partial charge in [0.25, 0.3) is 5.91 Å². The lowest BCUT2D eigenvalue weighted by Gasteiger charge is -2.15. The zero-order valence-corrected chi connectivity index (χ0v) is 23.6. The average molecular weight is 616 g/mol. The van der Waals surface area contributed by atoms with Crippen LogP contribution in [0.15, 0.2) is 65.6 Å². The second-order valence-corrected chi connectivity index (χ2v) is 11.1. The van der Waals surface area contributed by atoms with E-state index >= 15 is 0 Å². The summed E-state index contributed by atoms with van der Waals surface area (Å²) in [6.07, 6.45) is 1.88. The smallest absolute Gasteiger partial charge is 0.266 e. The SMILES string of the molecule is CCOc1cc(/C=C2\SC(=S)N(Cc3ccc(C)cc3)C2=O)cc(I)c1OCc1ccc(C)cc1. The van der Waals surface area contributed by atoms with E-state index in [0.29, 0.717) is 40.5 Å². The molecule has 0 saturated carbocycles. The summed E-state index contributed by atoms with van der Waals surface area (Å²) in [6, 6.07) is 20.3. The standard InChI is InChI=1S/C28H26INO3S2/c1-4-32-24-14-22(13-23(29)26(24)33-17-21-11-7-19(3)8-12-21)15-25-27(31)30(28(34)35-25)16-20-9-5-18(2)6-10-20/h5-15H,4,16-17H2,1-3H3/b25-15-. The summed E-state index contributed by atoms with van der Waals surface area (Å²) in [5.74, 6) is 1.29. The van der Waals surface area contributed by atoms with E-state index in [-0.39, 0.29) is 5.91 Å². The maximum Gasteiger partial charge on any atom is 0.266 e. The summed E-state index contributed by atoms with van der Waals surface area (Å²) in [5.41, 5.74) is 5.42. The van der Waals surface area contributed by atoms with Crippen molar-refractivity contribution < 1.29 is 14.3 Å². The number of amides is 1. The lowest BCUT2D eigenvalue weighted by atomic mass is 10.1. The van der Waals surface area contributed by atoms with Gasteiger partial charge in [-0.05, 0) is 78.3 Å². The van der Waals surface area contributed by atoms with Gasteiger partial charge in [0.15, 0.2) is 11.5 Å². The van der Waals surface area contributed by atoms with E-state index in [9.17, 15) is 4.79 Å². The minimum atomic E-state index is -0.0757. The summed E-state index contributed by atoms with van der Waals surface area (Å²) in [4.78, 5) is 15.4. The zero-order chi connectivity index (χ0) is 24.9. The molecule has 1 amide bonds. The van der Waals surface area contributed by atoms with Crippen LogP contribution in [-0.4, -0.2) is 21.7 Å². The Hall–Kier alpha value is -2.36. The molecule has 0 N–H and O–H groups in total. The molecule has 1 aliphatic heterocycles. The molecule has 1 fully saturated rings. The third-order valence-corrected chi connectivity index (χ3v) is 7.65. The van der Waals surface area contributed by atoms with Crippen LogP contribution in [0.1, 0.15) is 34.7 Å². The third kappa shape index (κ3) is 6.45. The van der Waals surface area contributed by atoms with Crippen LogP contribution < -0.4 is 9.47 Å². The largest absolute Gasteiger partial charge is 0.490 e. The van der Waals surface area contributed by atoms with E-state index in [4.69, 9.17) is 21.7 Å². The average Bonchev–Trinajstić information content (AvgIpc) is 3.08. The molecule has 3 aromatic rings. The first-order valence-electron chi connectivity index (χ1n) is 11.3. The minimum absolute atomic E-state index is 0.0757. The Morgan fingerprint density at radius 2 is 1.60 bits per heavy atom. The molecule has 0 spiro atoms. The topological polar surface area (TPSA) is 38.8 Å². The number of thiocarbonyl (C=S) groups is 1. The summed E-state index contributed by atoms with van der Waals surface area (Å²) < 4.78 is 13.5. The van der Waals surface area contributed by atoms with E-state index in [1.54, 1.807) is 4.90 Å². The lowest BCUT2D eigenvalue weighted by molar-refractivity contribution is -0.122. The van der Waals surface area contributed by atoms with E-state index in [1.807, 2.05) is 56.3 Å². The monoisotopic (exact) mass is 615 g/mol. The fraction of sp³-hybridized carbons (Fsp3) is 0.214. The fourth-order valence-electron chi connectivity index (χ4n) is 3.58. The van der Waals surface area contributed by atoms with Crippen LogP contribution in [0, 0.1) is 17.4 Å². The molecule has 0 aliphatic carbocycles. The molecule has 3 aromatic carbocycles. The van der Waals surface area contributed by atoms with Gasteiger partial charge in [0.1, 0.15) is 10.9 Å². The van der Waals surface area contributed by atoms with Crippen LogP contribution >= 0.6 is 46.6 Å². The van der Waals surface area contributed by atoms with Crippen LogP contribution in [-0.2, 0) is 17.9 Å². The Labute approximate surface area is 229 Å². The number of rotatable bonds is 8. The van der Waals surface area contributed by atoms with Crippen LogP contribution in [0.3, 0.4) is 0 Å². The van der Waals surface area contributed by atoms with Crippen LogP contribution in [0.5, 0.6) is 11.5 Å². The predicted octanol–water partition coefficient (Wildman–Crippen LogP) is 7.29. The number of benzene rings is 3. The highest BCUT2D eigenvalue weighted by atomic mass is 127. The summed E-state index contributed by atoms with van der Waals surface area (Å²) in [7, 11) is 0. The van der Waals surface area contributed by atoms with Crippen molar-refractivity contribution >= 4 is 62.9 Å². The first-order chi connectivity index (χ1) is 16.8. The number of halogens is 1. The Kier molecular flexibility index (Phi) is 8.51. The van der Waals surface area contributed by atoms with Crippen molar-refractivity contribution in [1.29, 1.82) is 0 Å². The summed E-state index contributed by atoms with van der Waals surface area (Å²) >= 11 is 9.11. The first kappa shape index (κ1) is 25.7. The van der Waals surface area contributed by atoms with Crippen molar-refractivity contribution in [2.45, 2.75) is 33.9 Å². The Balaban J connectivity index is 1.54. The van der Waals surface area contributed by atoms with Crippen molar-refractivity contribution in [3.8, 4) is 11.5 Å². The lowest BCUT2D eigenvalue weighted by Crippen LogP contribution is -2.27. The van der Waals surface area contributed by atoms with Gasteiger partial charge < -0.3 is 9.47 Å². The molecule has 1 heterocycles. The van der Waals surface area contributed by atoms with Gasteiger partial charge in [-0.2, -0.15) is 0 Å². The normalized spacial score (nSPS) is 14.6. The number of carbonyl (C=O) groups excluding carboxylic acids is 1. The third-order valence-electron chi connectivity index (χ3n) is 5.47. The minimum Gasteiger partial charge on any atom is -0.490 e. The van der Waals surface area contributed by atoms with E-state index in [2.05, 4.69) is 53.8 Å². The van der Waals surface area contributed by atoms with Gasteiger partial charge in [0.2, 0.25) is 0 Å². The quantitative estimate of drug-likeness (QED) is 0.151. The molecule has 1 aliphatic rings. The van der Waals surface area contributed by atoms with Gasteiger partial charge in [-0.1, -0.05) is 83.6 Å². The van der Waals surface area contributed by atoms with Gasteiger partial charge in [0.05, 0.1) is 21.6 Å². The number of thioether (sulfide) groups is 1. The maximum absolute atomic E-state index is 13.1. The molecule has 4 rings (SSSR count). The van der Waals surface area contributed by atoms with Crippen molar-refractivity contribution in [2.24, 2.45) is 0 Å². The first-order valence-corrected chi connectivity index (χ1v) is 13.6. The maximum atomic E-state index is 13.1. The number of nitrogens with zero attached hydrogens (tertiary/aromatic N) is 1. The molecule has 0 radical (unpaired) electrons. The molecule has 1 saturated heterocycles. The second kappa shape index (κ2) is 11.6. The summed E-state index contributed by atoms with van der Waals surface area (Å²) in [5, 5.41) is 0. The molecule has 0 unspecified atom stereocenters. The number of aryl methyl sites for hydroxylation is 2. The van der Waals surface area contributed by atoms with Crippen molar-refractivity contribution in [2.75, 3.05) is 6.61 Å². The molecule has 0 aromatic heterocycles. The molecular weight excluding hydrogens is 589 g/mol. The van der Waals surface area contributed by atoms with E-state index in [1.165, 1.54) is 22.9 Å². The number of hydrogen-bond donors (Lipinski definition) is 0. The van der Waals surface area contributed by atoms with Crippen LogP contribution in [0.2, 0.25) is 0 Å². The molecule has 35 heavy (non-hydrogen) atoms. The van der Waals surface area contributed by atoms with Gasteiger partial charge in [-0.25, -0.2) is 0 Å². The van der Waals surface area contributed by atoms with Gasteiger partial charge in [-0.3, -0.25) is 9.69 Å². The molecule has 0 atom stereocenters. The second-order valence-electron chi connectivity index (χ2n) is 8.29. The number of carbonyl (C=O) groups is 1. The fourth-order valence-corrected chi connectivity index (χ4v) is 5.61. The molecule has 4 nitrogen and oxygen atoms in total. The van der Waals surface area contributed by atoms with Crippen molar-refractivity contribution in [1.82, 2.24) is 4.90 Å². The van der Waals surface area contributed by atoms with E-state index < -0.39 is 0 Å². The Bertz CT molecular complexity index is 1270. The molecule has 7 heteroatoms. The van der Waals surface area contributed by atoms with Crippen molar-refractivity contribution in [3.05, 3.63) is 97.0 Å². The van der Waals surface area contributed by atoms with Crippen LogP contribution in [0.25, 0.3) is 6.08 Å². The zero-order valence-electron chi connectivity index (χ0n) is 19.8. The number of ether oxygens (including phenoxy) is 2. The Morgan fingerprint density at radius 1 is 0.971 bits per heavy atom. The highest BCUT2D eigenvalue weighted by molar-refractivity contribution is 14.1. The highest BCUT2D eigenvalue weighted by Crippen LogP contribution is 2.38. The summed E-state index contributed by atoms with van der Waals surface area (Å²) in [6.45, 7) is 7.49. The van der Waals surface area contributed by atoms with Crippen molar-refractivity contribution in [3.63, 3.8) is 0 Å². The molecule has 180 valence electrons. The van der Waals surface area contributed by atoms with Gasteiger partial charge in [-0.15, -0.1) is 0 Å². The van der Waals surface area contributed by atoms with E-state index in [0.717, 1.165) is 20.3 Å². The molecular formula is C28H26INO3S2. The predicted molar refractivity (Wildman–Crippen MR) is 156 cm³/mol. The van der Waals surface area contributed by atoms with Crippen LogP contribution in [0.4, 0.5) is 0 Å².